The van der Waals surface area contributed by atoms with Crippen LogP contribution in [0.3, 0.4) is 0 Å². The van der Waals surface area contributed by atoms with E-state index in [9.17, 15) is 14.7 Å². The Morgan fingerprint density at radius 3 is 2.67 bits per heavy atom. The van der Waals surface area contributed by atoms with Crippen LogP contribution in [-0.2, 0) is 4.79 Å². The van der Waals surface area contributed by atoms with Crippen LogP contribution >= 0.6 is 15.9 Å². The fraction of sp³-hybridized carbons (Fsp3) is 0.357. The Hall–Kier alpha value is -2.07. The molecule has 112 valence electrons. The van der Waals surface area contributed by atoms with Crippen LogP contribution in [0.5, 0.6) is 0 Å². The van der Waals surface area contributed by atoms with E-state index in [4.69, 9.17) is 5.26 Å². The van der Waals surface area contributed by atoms with E-state index in [0.717, 1.165) is 0 Å². The fourth-order valence-corrected chi connectivity index (χ4v) is 2.21. The lowest BCUT2D eigenvalue weighted by Gasteiger charge is -2.25. The summed E-state index contributed by atoms with van der Waals surface area (Å²) < 4.78 is 0.700. The van der Waals surface area contributed by atoms with Crippen LogP contribution in [0.15, 0.2) is 22.7 Å². The minimum Gasteiger partial charge on any atom is -0.480 e. The van der Waals surface area contributed by atoms with Gasteiger partial charge in [-0.3, -0.25) is 0 Å². The molecule has 6 nitrogen and oxygen atoms in total. The number of carboxylic acids is 1. The van der Waals surface area contributed by atoms with E-state index in [-0.39, 0.29) is 0 Å². The van der Waals surface area contributed by atoms with Crippen molar-refractivity contribution in [2.75, 3.05) is 5.32 Å². The molecule has 0 aromatic heterocycles. The number of nitrogens with one attached hydrogen (secondary N) is 2. The van der Waals surface area contributed by atoms with Gasteiger partial charge in [0.25, 0.3) is 0 Å². The number of carbonyl (C=O) groups excluding carboxylic acids is 1. The molecule has 1 rings (SSSR count). The number of hydrogen-bond acceptors (Lipinski definition) is 3. The van der Waals surface area contributed by atoms with Crippen LogP contribution in [-0.4, -0.2) is 22.6 Å². The predicted octanol–water partition coefficient (Wildman–Crippen LogP) is 3.09. The van der Waals surface area contributed by atoms with Gasteiger partial charge in [-0.15, -0.1) is 0 Å². The van der Waals surface area contributed by atoms with Crippen molar-refractivity contribution in [3.63, 3.8) is 0 Å². The Labute approximate surface area is 131 Å². The van der Waals surface area contributed by atoms with Crippen LogP contribution in [0.4, 0.5) is 10.5 Å². The first-order chi connectivity index (χ1) is 9.82. The lowest BCUT2D eigenvalue weighted by molar-refractivity contribution is -0.143. The number of nitriles is 1. The van der Waals surface area contributed by atoms with E-state index in [0.29, 0.717) is 28.6 Å². The highest BCUT2D eigenvalue weighted by molar-refractivity contribution is 9.10. The molecule has 0 fully saturated rings. The van der Waals surface area contributed by atoms with E-state index in [1.807, 2.05) is 13.0 Å². The zero-order valence-electron chi connectivity index (χ0n) is 11.7. The summed E-state index contributed by atoms with van der Waals surface area (Å²) in [4.78, 5) is 23.3. The maximum atomic E-state index is 12.0. The number of aliphatic carboxylic acids is 1. The van der Waals surface area contributed by atoms with Crippen molar-refractivity contribution >= 4 is 33.6 Å². The van der Waals surface area contributed by atoms with Crippen LogP contribution < -0.4 is 10.6 Å². The molecular formula is C14H16BrN3O3. The minimum atomic E-state index is -1.35. The number of benzene rings is 1. The van der Waals surface area contributed by atoms with Crippen molar-refractivity contribution in [1.82, 2.24) is 5.32 Å². The van der Waals surface area contributed by atoms with E-state index in [1.54, 1.807) is 18.2 Å². The molecule has 0 bridgehead atoms. The van der Waals surface area contributed by atoms with Crippen molar-refractivity contribution in [3.8, 4) is 6.07 Å². The van der Waals surface area contributed by atoms with Gasteiger partial charge < -0.3 is 15.7 Å². The largest absolute Gasteiger partial charge is 0.480 e. The first kappa shape index (κ1) is 17.0. The quantitative estimate of drug-likeness (QED) is 0.756. The van der Waals surface area contributed by atoms with Gasteiger partial charge in [0.1, 0.15) is 11.6 Å². The van der Waals surface area contributed by atoms with Crippen LogP contribution in [0.25, 0.3) is 0 Å². The Kier molecular flexibility index (Phi) is 5.73. The lowest BCUT2D eigenvalue weighted by atomic mass is 9.97. The summed E-state index contributed by atoms with van der Waals surface area (Å²) in [5.74, 6) is -1.10. The third-order valence-corrected chi connectivity index (χ3v) is 3.45. The second kappa shape index (κ2) is 7.09. The Morgan fingerprint density at radius 1 is 1.48 bits per heavy atom. The number of hydrogen-bond donors (Lipinski definition) is 3. The second-order valence-electron chi connectivity index (χ2n) is 4.77. The van der Waals surface area contributed by atoms with Gasteiger partial charge in [0, 0.05) is 4.47 Å². The summed E-state index contributed by atoms with van der Waals surface area (Å²) in [6.07, 6.45) is 0.919. The van der Waals surface area contributed by atoms with E-state index in [1.165, 1.54) is 6.92 Å². The molecule has 3 N–H and O–H groups in total. The number of anilines is 1. The molecule has 2 amide bonds. The van der Waals surface area contributed by atoms with Crippen molar-refractivity contribution < 1.29 is 14.7 Å². The molecule has 1 unspecified atom stereocenters. The summed E-state index contributed by atoms with van der Waals surface area (Å²) in [6, 6.07) is 6.11. The summed E-state index contributed by atoms with van der Waals surface area (Å²) >= 11 is 3.25. The maximum Gasteiger partial charge on any atom is 0.329 e. The average molecular weight is 354 g/mol. The number of carbonyl (C=O) groups is 2. The van der Waals surface area contributed by atoms with Gasteiger partial charge in [0.15, 0.2) is 0 Å². The number of nitrogens with zero attached hydrogens (tertiary/aromatic N) is 1. The lowest BCUT2D eigenvalue weighted by Crippen LogP contribution is -2.53. The van der Waals surface area contributed by atoms with Crippen LogP contribution in [0.1, 0.15) is 32.3 Å². The van der Waals surface area contributed by atoms with Crippen molar-refractivity contribution in [3.05, 3.63) is 28.2 Å². The van der Waals surface area contributed by atoms with Crippen LogP contribution in [0.2, 0.25) is 0 Å². The molecular weight excluding hydrogens is 338 g/mol. The number of carboxylic acid groups (broad SMARTS) is 1. The number of urea groups is 1. The molecule has 0 radical (unpaired) electrons. The third-order valence-electron chi connectivity index (χ3n) is 2.96. The SMILES string of the molecule is CCCC(C)(NC(=O)Nc1cc(Br)ccc1C#N)C(=O)O. The standard InChI is InChI=1S/C14H16BrN3O3/c1-3-6-14(2,12(19)20)18-13(21)17-11-7-10(15)5-4-9(11)8-16/h4-5,7H,3,6H2,1-2H3,(H,19,20)(H2,17,18,21). The van der Waals surface area contributed by atoms with Gasteiger partial charge in [-0.1, -0.05) is 29.3 Å². The van der Waals surface area contributed by atoms with Gasteiger partial charge in [-0.05, 0) is 31.5 Å². The highest BCUT2D eigenvalue weighted by atomic mass is 79.9. The van der Waals surface area contributed by atoms with Crippen LogP contribution in [0, 0.1) is 11.3 Å². The molecule has 0 aliphatic heterocycles. The van der Waals surface area contributed by atoms with Gasteiger partial charge in [-0.25, -0.2) is 9.59 Å². The van der Waals surface area contributed by atoms with Gasteiger partial charge >= 0.3 is 12.0 Å². The molecule has 1 aromatic carbocycles. The predicted molar refractivity (Wildman–Crippen MR) is 82.0 cm³/mol. The van der Waals surface area contributed by atoms with Crippen molar-refractivity contribution in [1.29, 1.82) is 5.26 Å². The topological polar surface area (TPSA) is 102 Å². The van der Waals surface area contributed by atoms with E-state index in [2.05, 4.69) is 26.6 Å². The monoisotopic (exact) mass is 353 g/mol. The Balaban J connectivity index is 2.89. The second-order valence-corrected chi connectivity index (χ2v) is 5.68. The highest BCUT2D eigenvalue weighted by Crippen LogP contribution is 2.21. The molecule has 21 heavy (non-hydrogen) atoms. The zero-order valence-corrected chi connectivity index (χ0v) is 13.3. The van der Waals surface area contributed by atoms with Crippen molar-refractivity contribution in [2.45, 2.75) is 32.2 Å². The van der Waals surface area contributed by atoms with Gasteiger partial charge in [0.2, 0.25) is 0 Å². The molecule has 1 aromatic rings. The highest BCUT2D eigenvalue weighted by Gasteiger charge is 2.33. The number of amides is 2. The van der Waals surface area contributed by atoms with Gasteiger partial charge in [-0.2, -0.15) is 5.26 Å². The molecule has 7 heteroatoms. The summed E-state index contributed by atoms with van der Waals surface area (Å²) in [7, 11) is 0. The maximum absolute atomic E-state index is 12.0. The average Bonchev–Trinajstić information content (AvgIpc) is 2.38. The molecule has 0 aliphatic rings. The molecule has 0 heterocycles. The molecule has 1 atom stereocenters. The van der Waals surface area contributed by atoms with Gasteiger partial charge in [0.05, 0.1) is 11.3 Å². The molecule has 0 saturated heterocycles. The van der Waals surface area contributed by atoms with Crippen molar-refractivity contribution in [2.24, 2.45) is 0 Å². The van der Waals surface area contributed by atoms with E-state index < -0.39 is 17.5 Å². The Morgan fingerprint density at radius 2 is 2.14 bits per heavy atom. The third kappa shape index (κ3) is 4.46. The summed E-state index contributed by atoms with van der Waals surface area (Å²) in [6.45, 7) is 3.29. The number of halogens is 1. The fourth-order valence-electron chi connectivity index (χ4n) is 1.84. The smallest absolute Gasteiger partial charge is 0.329 e. The van der Waals surface area contributed by atoms with E-state index >= 15 is 0 Å². The summed E-state index contributed by atoms with van der Waals surface area (Å²) in [5.41, 5.74) is -0.744. The summed E-state index contributed by atoms with van der Waals surface area (Å²) in [5, 5.41) is 23.2. The first-order valence-electron chi connectivity index (χ1n) is 6.34. The zero-order chi connectivity index (χ0) is 16.0. The Bertz CT molecular complexity index is 598. The molecule has 0 spiro atoms. The minimum absolute atomic E-state index is 0.292. The molecule has 0 aliphatic carbocycles. The first-order valence-corrected chi connectivity index (χ1v) is 7.14. The normalized spacial score (nSPS) is 12.9. The number of rotatable bonds is 5. The molecule has 0 saturated carbocycles.